The van der Waals surface area contributed by atoms with Crippen LogP contribution in [0.4, 0.5) is 0 Å². The van der Waals surface area contributed by atoms with E-state index < -0.39 is 5.97 Å². The van der Waals surface area contributed by atoms with Gasteiger partial charge in [0.25, 0.3) is 0 Å². The highest BCUT2D eigenvalue weighted by Crippen LogP contribution is 2.38. The van der Waals surface area contributed by atoms with Crippen LogP contribution in [0.25, 0.3) is 0 Å². The molecule has 0 aromatic carbocycles. The number of carbonyl (C=O) groups excluding carboxylic acids is 1. The lowest BCUT2D eigenvalue weighted by Gasteiger charge is -2.39. The minimum Gasteiger partial charge on any atom is -0.463 e. The standard InChI is InChI=1S/C13H19NO5/c1-16-8-9-11(12(15)17-2)19-10(14-9)7-13(18-3)5-4-6-13/h4-8H2,1-3H3. The molecule has 106 valence electrons. The quantitative estimate of drug-likeness (QED) is 0.732. The largest absolute Gasteiger partial charge is 0.463 e. The molecule has 6 heteroatoms. The van der Waals surface area contributed by atoms with Crippen LogP contribution in [-0.4, -0.2) is 37.9 Å². The minimum absolute atomic E-state index is 0.116. The summed E-state index contributed by atoms with van der Waals surface area (Å²) in [5.74, 6) is 0.0739. The van der Waals surface area contributed by atoms with Crippen molar-refractivity contribution in [2.45, 2.75) is 37.9 Å². The van der Waals surface area contributed by atoms with E-state index in [1.807, 2.05) is 0 Å². The van der Waals surface area contributed by atoms with Gasteiger partial charge in [0.05, 0.1) is 25.7 Å². The SMILES string of the molecule is COCc1nc(CC2(OC)CCC2)oc1C(=O)OC. The third-order valence-corrected chi connectivity index (χ3v) is 3.56. The minimum atomic E-state index is -0.536. The summed E-state index contributed by atoms with van der Waals surface area (Å²) < 4.78 is 20.7. The normalized spacial score (nSPS) is 17.0. The third kappa shape index (κ3) is 2.79. The number of aromatic nitrogens is 1. The van der Waals surface area contributed by atoms with Gasteiger partial charge in [-0.3, -0.25) is 0 Å². The molecule has 2 rings (SSSR count). The Morgan fingerprint density at radius 2 is 2.11 bits per heavy atom. The van der Waals surface area contributed by atoms with Crippen LogP contribution < -0.4 is 0 Å². The number of rotatable bonds is 6. The molecule has 0 unspecified atom stereocenters. The van der Waals surface area contributed by atoms with Gasteiger partial charge in [-0.25, -0.2) is 9.78 Å². The first-order valence-electron chi connectivity index (χ1n) is 6.25. The maximum absolute atomic E-state index is 11.6. The number of methoxy groups -OCH3 is 3. The molecule has 0 saturated heterocycles. The second-order valence-corrected chi connectivity index (χ2v) is 4.73. The third-order valence-electron chi connectivity index (χ3n) is 3.56. The Labute approximate surface area is 112 Å². The first-order valence-corrected chi connectivity index (χ1v) is 6.25. The van der Waals surface area contributed by atoms with Crippen molar-refractivity contribution < 1.29 is 23.4 Å². The molecular weight excluding hydrogens is 250 g/mol. The van der Waals surface area contributed by atoms with Gasteiger partial charge < -0.3 is 18.6 Å². The molecule has 1 saturated carbocycles. The van der Waals surface area contributed by atoms with Crippen LogP contribution in [0.1, 0.15) is 41.4 Å². The van der Waals surface area contributed by atoms with E-state index in [9.17, 15) is 4.79 Å². The smallest absolute Gasteiger partial charge is 0.376 e. The van der Waals surface area contributed by atoms with Gasteiger partial charge >= 0.3 is 5.97 Å². The summed E-state index contributed by atoms with van der Waals surface area (Å²) in [6.07, 6.45) is 3.68. The van der Waals surface area contributed by atoms with Crippen molar-refractivity contribution in [1.29, 1.82) is 0 Å². The average Bonchev–Trinajstić information content (AvgIpc) is 2.76. The number of ether oxygens (including phenoxy) is 3. The predicted molar refractivity (Wildman–Crippen MR) is 65.9 cm³/mol. The van der Waals surface area contributed by atoms with E-state index in [4.69, 9.17) is 13.9 Å². The molecule has 1 fully saturated rings. The number of hydrogen-bond acceptors (Lipinski definition) is 6. The Hall–Kier alpha value is -1.40. The lowest BCUT2D eigenvalue weighted by Crippen LogP contribution is -2.41. The fraction of sp³-hybridized carbons (Fsp3) is 0.692. The number of carbonyl (C=O) groups is 1. The summed E-state index contributed by atoms with van der Waals surface area (Å²) in [7, 11) is 4.54. The molecule has 0 aliphatic heterocycles. The zero-order valence-electron chi connectivity index (χ0n) is 11.5. The molecule has 1 aliphatic carbocycles. The van der Waals surface area contributed by atoms with Crippen LogP contribution in [0.5, 0.6) is 0 Å². The first-order chi connectivity index (χ1) is 9.14. The molecule has 0 bridgehead atoms. The summed E-state index contributed by atoms with van der Waals surface area (Å²) >= 11 is 0. The second kappa shape index (κ2) is 5.71. The van der Waals surface area contributed by atoms with Crippen LogP contribution in [0.2, 0.25) is 0 Å². The van der Waals surface area contributed by atoms with Gasteiger partial charge in [0.1, 0.15) is 5.69 Å². The predicted octanol–water partition coefficient (Wildman–Crippen LogP) is 1.72. The Balaban J connectivity index is 2.19. The van der Waals surface area contributed by atoms with E-state index >= 15 is 0 Å². The summed E-state index contributed by atoms with van der Waals surface area (Å²) in [5.41, 5.74) is 0.276. The van der Waals surface area contributed by atoms with Crippen molar-refractivity contribution in [2.75, 3.05) is 21.3 Å². The lowest BCUT2D eigenvalue weighted by molar-refractivity contribution is -0.0747. The highest BCUT2D eigenvalue weighted by atomic mass is 16.5. The molecule has 1 aromatic rings. The zero-order valence-corrected chi connectivity index (χ0v) is 11.5. The Morgan fingerprint density at radius 3 is 2.58 bits per heavy atom. The average molecular weight is 269 g/mol. The van der Waals surface area contributed by atoms with Crippen LogP contribution in [0.15, 0.2) is 4.42 Å². The molecule has 1 aromatic heterocycles. The maximum atomic E-state index is 11.6. The van der Waals surface area contributed by atoms with Crippen LogP contribution >= 0.6 is 0 Å². The summed E-state index contributed by atoms with van der Waals surface area (Å²) in [4.78, 5) is 15.9. The van der Waals surface area contributed by atoms with Crippen LogP contribution in [-0.2, 0) is 27.2 Å². The van der Waals surface area contributed by atoms with Gasteiger partial charge in [-0.2, -0.15) is 0 Å². The summed E-state index contributed by atoms with van der Waals surface area (Å²) in [6, 6.07) is 0. The molecule has 0 spiro atoms. The van der Waals surface area contributed by atoms with Crippen molar-refractivity contribution in [3.8, 4) is 0 Å². The van der Waals surface area contributed by atoms with Crippen molar-refractivity contribution in [1.82, 2.24) is 4.98 Å². The number of oxazole rings is 1. The highest BCUT2D eigenvalue weighted by molar-refractivity contribution is 5.87. The summed E-state index contributed by atoms with van der Waals surface area (Å²) in [5, 5.41) is 0. The van der Waals surface area contributed by atoms with E-state index in [-0.39, 0.29) is 18.0 Å². The van der Waals surface area contributed by atoms with Gasteiger partial charge in [0.2, 0.25) is 5.76 Å². The molecule has 0 radical (unpaired) electrons. The molecule has 19 heavy (non-hydrogen) atoms. The number of esters is 1. The zero-order chi connectivity index (χ0) is 13.9. The van der Waals surface area contributed by atoms with Gasteiger partial charge in [-0.05, 0) is 19.3 Å². The number of hydrogen-bond donors (Lipinski definition) is 0. The van der Waals surface area contributed by atoms with Gasteiger partial charge in [-0.1, -0.05) is 0 Å². The van der Waals surface area contributed by atoms with Crippen molar-refractivity contribution in [2.24, 2.45) is 0 Å². The summed E-state index contributed by atoms with van der Waals surface area (Å²) in [6.45, 7) is 0.216. The van der Waals surface area contributed by atoms with E-state index in [1.165, 1.54) is 14.2 Å². The van der Waals surface area contributed by atoms with Gasteiger partial charge in [0.15, 0.2) is 5.89 Å². The monoisotopic (exact) mass is 269 g/mol. The Kier molecular flexibility index (Phi) is 4.21. The first kappa shape index (κ1) is 14.0. The Bertz CT molecular complexity index is 444. The fourth-order valence-electron chi connectivity index (χ4n) is 2.26. The van der Waals surface area contributed by atoms with Crippen molar-refractivity contribution in [3.63, 3.8) is 0 Å². The molecule has 1 aliphatic rings. The Morgan fingerprint density at radius 1 is 1.37 bits per heavy atom. The van der Waals surface area contributed by atoms with Gasteiger partial charge in [-0.15, -0.1) is 0 Å². The van der Waals surface area contributed by atoms with Gasteiger partial charge in [0, 0.05) is 14.2 Å². The highest BCUT2D eigenvalue weighted by Gasteiger charge is 2.39. The molecule has 0 atom stereocenters. The number of nitrogens with zero attached hydrogens (tertiary/aromatic N) is 1. The van der Waals surface area contributed by atoms with Crippen LogP contribution in [0.3, 0.4) is 0 Å². The van der Waals surface area contributed by atoms with Crippen molar-refractivity contribution >= 4 is 5.97 Å². The topological polar surface area (TPSA) is 70.8 Å². The van der Waals surface area contributed by atoms with E-state index in [0.29, 0.717) is 18.0 Å². The lowest BCUT2D eigenvalue weighted by atomic mass is 9.77. The molecule has 1 heterocycles. The molecule has 0 N–H and O–H groups in total. The molecule has 0 amide bonds. The van der Waals surface area contributed by atoms with Crippen molar-refractivity contribution in [3.05, 3.63) is 17.3 Å². The fourth-order valence-corrected chi connectivity index (χ4v) is 2.26. The van der Waals surface area contributed by atoms with E-state index in [2.05, 4.69) is 9.72 Å². The molecule has 6 nitrogen and oxygen atoms in total. The molecular formula is C13H19NO5. The second-order valence-electron chi connectivity index (χ2n) is 4.73. The van der Waals surface area contributed by atoms with E-state index in [1.54, 1.807) is 7.11 Å². The van der Waals surface area contributed by atoms with E-state index in [0.717, 1.165) is 19.3 Å². The van der Waals surface area contributed by atoms with Crippen LogP contribution in [0, 0.1) is 0 Å². The maximum Gasteiger partial charge on any atom is 0.376 e.